The first-order chi connectivity index (χ1) is 12.4. The van der Waals surface area contributed by atoms with E-state index >= 15 is 0 Å². The number of sulfonamides is 1. The van der Waals surface area contributed by atoms with Crippen molar-refractivity contribution < 1.29 is 22.3 Å². The number of thiophene rings is 1. The van der Waals surface area contributed by atoms with Crippen molar-refractivity contribution in [3.05, 3.63) is 51.5 Å². The topological polar surface area (TPSA) is 75.7 Å². The first-order valence-electron chi connectivity index (χ1n) is 8.08. The summed E-state index contributed by atoms with van der Waals surface area (Å²) in [5.41, 5.74) is 1.13. The summed E-state index contributed by atoms with van der Waals surface area (Å²) in [5, 5.41) is 4.24. The molecule has 1 amide bonds. The van der Waals surface area contributed by atoms with Crippen molar-refractivity contribution in [3.63, 3.8) is 0 Å². The Kier molecular flexibility index (Phi) is 5.71. The first-order valence-corrected chi connectivity index (χ1v) is 10.4. The zero-order valence-corrected chi connectivity index (χ0v) is 15.8. The molecule has 0 spiro atoms. The number of halogens is 1. The van der Waals surface area contributed by atoms with Crippen molar-refractivity contribution in [1.82, 2.24) is 9.62 Å². The van der Waals surface area contributed by atoms with Crippen molar-refractivity contribution in [2.75, 3.05) is 26.3 Å². The minimum Gasteiger partial charge on any atom is -0.379 e. The molecule has 1 fully saturated rings. The maximum Gasteiger partial charge on any atom is 0.263 e. The number of ether oxygens (including phenoxy) is 1. The summed E-state index contributed by atoms with van der Waals surface area (Å²) in [5.74, 6) is -0.837. The molecule has 1 N–H and O–H groups in total. The minimum atomic E-state index is -3.75. The van der Waals surface area contributed by atoms with E-state index in [2.05, 4.69) is 5.32 Å². The Morgan fingerprint density at radius 1 is 1.31 bits per heavy atom. The number of nitrogens with zero attached hydrogens (tertiary/aromatic N) is 1. The quantitative estimate of drug-likeness (QED) is 0.837. The molecule has 9 heteroatoms. The van der Waals surface area contributed by atoms with Crippen LogP contribution in [0.15, 0.2) is 34.5 Å². The van der Waals surface area contributed by atoms with Crippen molar-refractivity contribution in [1.29, 1.82) is 0 Å². The van der Waals surface area contributed by atoms with Crippen molar-refractivity contribution in [3.8, 4) is 0 Å². The summed E-state index contributed by atoms with van der Waals surface area (Å²) < 4.78 is 45.7. The van der Waals surface area contributed by atoms with Crippen molar-refractivity contribution in [2.24, 2.45) is 0 Å². The van der Waals surface area contributed by atoms with Crippen LogP contribution in [0.3, 0.4) is 0 Å². The largest absolute Gasteiger partial charge is 0.379 e. The van der Waals surface area contributed by atoms with Gasteiger partial charge < -0.3 is 10.1 Å². The molecule has 0 aliphatic carbocycles. The first kappa shape index (κ1) is 19.0. The molecule has 2 aromatic rings. The molecule has 0 saturated carbocycles. The normalized spacial score (nSPS) is 15.8. The molecule has 1 aliphatic rings. The predicted octanol–water partition coefficient (Wildman–Crippen LogP) is 2.15. The van der Waals surface area contributed by atoms with Gasteiger partial charge in [-0.15, -0.1) is 11.3 Å². The Labute approximate surface area is 155 Å². The summed E-state index contributed by atoms with van der Waals surface area (Å²) in [7, 11) is -3.75. The van der Waals surface area contributed by atoms with Crippen LogP contribution in [0.25, 0.3) is 0 Å². The Morgan fingerprint density at radius 2 is 2.04 bits per heavy atom. The van der Waals surface area contributed by atoms with Crippen LogP contribution in [0, 0.1) is 12.7 Å². The average molecular weight is 398 g/mol. The third kappa shape index (κ3) is 3.96. The number of benzene rings is 1. The summed E-state index contributed by atoms with van der Waals surface area (Å²) in [4.78, 5) is 12.6. The van der Waals surface area contributed by atoms with E-state index in [1.165, 1.54) is 16.4 Å². The number of hydrogen-bond donors (Lipinski definition) is 1. The van der Waals surface area contributed by atoms with Gasteiger partial charge in [0.2, 0.25) is 10.0 Å². The third-order valence-electron chi connectivity index (χ3n) is 4.11. The zero-order chi connectivity index (χ0) is 18.7. The van der Waals surface area contributed by atoms with Gasteiger partial charge in [0.1, 0.15) is 15.6 Å². The van der Waals surface area contributed by atoms with Gasteiger partial charge in [0.05, 0.1) is 13.2 Å². The van der Waals surface area contributed by atoms with E-state index in [1.54, 1.807) is 24.4 Å². The highest BCUT2D eigenvalue weighted by Gasteiger charge is 2.31. The number of carbonyl (C=O) groups is 1. The minimum absolute atomic E-state index is 0.00279. The van der Waals surface area contributed by atoms with Crippen molar-refractivity contribution >= 4 is 27.3 Å². The van der Waals surface area contributed by atoms with Crippen LogP contribution in [-0.4, -0.2) is 44.9 Å². The van der Waals surface area contributed by atoms with Gasteiger partial charge in [0, 0.05) is 19.6 Å². The van der Waals surface area contributed by atoms with Gasteiger partial charge >= 0.3 is 0 Å². The van der Waals surface area contributed by atoms with E-state index in [9.17, 15) is 17.6 Å². The van der Waals surface area contributed by atoms with E-state index in [0.29, 0.717) is 24.3 Å². The second-order valence-corrected chi connectivity index (χ2v) is 8.72. The molecule has 0 radical (unpaired) electrons. The predicted molar refractivity (Wildman–Crippen MR) is 96.2 cm³/mol. The molecule has 3 rings (SSSR count). The number of morpholine rings is 1. The smallest absolute Gasteiger partial charge is 0.263 e. The van der Waals surface area contributed by atoms with Gasteiger partial charge in [-0.25, -0.2) is 12.8 Å². The highest BCUT2D eigenvalue weighted by Crippen LogP contribution is 2.26. The van der Waals surface area contributed by atoms with Crippen LogP contribution in [0.2, 0.25) is 0 Å². The Balaban J connectivity index is 1.74. The average Bonchev–Trinajstić information content (AvgIpc) is 3.14. The second kappa shape index (κ2) is 7.83. The summed E-state index contributed by atoms with van der Waals surface area (Å²) >= 11 is 1.07. The lowest BCUT2D eigenvalue weighted by atomic mass is 10.1. The number of nitrogens with one attached hydrogen (secondary N) is 1. The fourth-order valence-electron chi connectivity index (χ4n) is 2.60. The molecule has 1 aliphatic heterocycles. The third-order valence-corrected chi connectivity index (χ3v) is 7.10. The molecule has 0 bridgehead atoms. The molecular weight excluding hydrogens is 379 g/mol. The maximum absolute atomic E-state index is 13.6. The number of amides is 1. The number of rotatable bonds is 5. The fraction of sp³-hybridized carbons (Fsp3) is 0.353. The van der Waals surface area contributed by atoms with Crippen LogP contribution < -0.4 is 5.32 Å². The second-order valence-electron chi connectivity index (χ2n) is 5.90. The Morgan fingerprint density at radius 3 is 2.73 bits per heavy atom. The monoisotopic (exact) mass is 398 g/mol. The van der Waals surface area contributed by atoms with Gasteiger partial charge in [-0.1, -0.05) is 12.1 Å². The standard InChI is InChI=1S/C17H19FN2O4S2/c1-12-2-3-13(10-14(12)18)11-19-17(21)16-15(4-9-25-16)26(22,23)20-5-7-24-8-6-20/h2-4,9-10H,5-8,11H2,1H3,(H,19,21). The lowest BCUT2D eigenvalue weighted by molar-refractivity contribution is 0.0730. The van der Waals surface area contributed by atoms with E-state index in [0.717, 1.165) is 11.3 Å². The lowest BCUT2D eigenvalue weighted by Crippen LogP contribution is -2.41. The molecule has 140 valence electrons. The molecule has 0 unspecified atom stereocenters. The summed E-state index contributed by atoms with van der Waals surface area (Å²) in [6.07, 6.45) is 0. The highest BCUT2D eigenvalue weighted by atomic mass is 32.2. The molecule has 2 heterocycles. The lowest BCUT2D eigenvalue weighted by Gasteiger charge is -2.26. The van der Waals surface area contributed by atoms with Gasteiger partial charge in [-0.3, -0.25) is 4.79 Å². The summed E-state index contributed by atoms with van der Waals surface area (Å²) in [6, 6.07) is 6.15. The number of aryl methyl sites for hydroxylation is 1. The number of carbonyl (C=O) groups excluding carboxylic acids is 1. The molecular formula is C17H19FN2O4S2. The van der Waals surface area contributed by atoms with Gasteiger partial charge in [-0.2, -0.15) is 4.31 Å². The highest BCUT2D eigenvalue weighted by molar-refractivity contribution is 7.89. The van der Waals surface area contributed by atoms with Gasteiger partial charge in [-0.05, 0) is 35.6 Å². The molecule has 1 saturated heterocycles. The maximum atomic E-state index is 13.6. The van der Waals surface area contributed by atoms with E-state index in [4.69, 9.17) is 4.74 Å². The Hall–Kier alpha value is -1.81. The SMILES string of the molecule is Cc1ccc(CNC(=O)c2sccc2S(=O)(=O)N2CCOCC2)cc1F. The van der Waals surface area contributed by atoms with Gasteiger partial charge in [0.15, 0.2) is 0 Å². The van der Waals surface area contributed by atoms with E-state index < -0.39 is 15.9 Å². The molecule has 6 nitrogen and oxygen atoms in total. The van der Waals surface area contributed by atoms with Crippen molar-refractivity contribution in [2.45, 2.75) is 18.4 Å². The van der Waals surface area contributed by atoms with E-state index in [-0.39, 0.29) is 35.2 Å². The fourth-order valence-corrected chi connectivity index (χ4v) is 5.33. The van der Waals surface area contributed by atoms with Crippen LogP contribution in [-0.2, 0) is 21.3 Å². The summed E-state index contributed by atoms with van der Waals surface area (Å²) in [6.45, 7) is 2.98. The zero-order valence-electron chi connectivity index (χ0n) is 14.2. The molecule has 0 atom stereocenters. The number of hydrogen-bond acceptors (Lipinski definition) is 5. The van der Waals surface area contributed by atoms with Crippen LogP contribution in [0.5, 0.6) is 0 Å². The molecule has 26 heavy (non-hydrogen) atoms. The Bertz CT molecular complexity index is 905. The molecule has 1 aromatic carbocycles. The van der Waals surface area contributed by atoms with Gasteiger partial charge in [0.25, 0.3) is 5.91 Å². The van der Waals surface area contributed by atoms with Crippen LogP contribution in [0.4, 0.5) is 4.39 Å². The van der Waals surface area contributed by atoms with Crippen LogP contribution in [0.1, 0.15) is 20.8 Å². The van der Waals surface area contributed by atoms with Crippen LogP contribution >= 0.6 is 11.3 Å². The molecule has 1 aromatic heterocycles. The van der Waals surface area contributed by atoms with E-state index in [1.807, 2.05) is 0 Å².